The van der Waals surface area contributed by atoms with Crippen molar-refractivity contribution in [3.8, 4) is 0 Å². The lowest BCUT2D eigenvalue weighted by molar-refractivity contribution is -0.140. The zero-order valence-electron chi connectivity index (χ0n) is 17.4. The Balaban J connectivity index is 1.18. The average molecular weight is 439 g/mol. The standard InChI is InChI=1S/C23H26N4O3S/c28-20(26-13-11-25(12-14-26)10-8-18-5-3-15-31-18)16-27-21(29)23(24-22(27)30)9-7-17-4-1-2-6-19(17)23/h1-6,15H,7-14,16H2,(H,24,30). The highest BCUT2D eigenvalue weighted by Gasteiger charge is 2.55. The highest BCUT2D eigenvalue weighted by atomic mass is 32.1. The minimum Gasteiger partial charge on any atom is -0.339 e. The Bertz CT molecular complexity index is 1000. The topological polar surface area (TPSA) is 73.0 Å². The van der Waals surface area contributed by atoms with Crippen LogP contribution in [0.25, 0.3) is 0 Å². The van der Waals surface area contributed by atoms with Gasteiger partial charge in [-0.2, -0.15) is 0 Å². The van der Waals surface area contributed by atoms with Gasteiger partial charge in [0.05, 0.1) is 0 Å². The molecule has 0 saturated carbocycles. The summed E-state index contributed by atoms with van der Waals surface area (Å²) in [6, 6.07) is 11.5. The molecular formula is C23H26N4O3S. The van der Waals surface area contributed by atoms with Crippen molar-refractivity contribution in [1.29, 1.82) is 0 Å². The number of piperazine rings is 1. The number of thiophene rings is 1. The van der Waals surface area contributed by atoms with Crippen molar-refractivity contribution in [1.82, 2.24) is 20.0 Å². The van der Waals surface area contributed by atoms with Crippen molar-refractivity contribution in [2.75, 3.05) is 39.3 Å². The van der Waals surface area contributed by atoms with Crippen LogP contribution < -0.4 is 5.32 Å². The smallest absolute Gasteiger partial charge is 0.325 e. The molecule has 162 valence electrons. The van der Waals surface area contributed by atoms with Crippen LogP contribution >= 0.6 is 11.3 Å². The van der Waals surface area contributed by atoms with Crippen LogP contribution in [0, 0.1) is 0 Å². The summed E-state index contributed by atoms with van der Waals surface area (Å²) >= 11 is 1.77. The van der Waals surface area contributed by atoms with E-state index in [9.17, 15) is 14.4 Å². The number of amides is 4. The van der Waals surface area contributed by atoms with Gasteiger partial charge in [-0.3, -0.25) is 19.4 Å². The molecule has 1 aromatic heterocycles. The van der Waals surface area contributed by atoms with Gasteiger partial charge in [0.15, 0.2) is 0 Å². The van der Waals surface area contributed by atoms with Gasteiger partial charge in [-0.25, -0.2) is 4.79 Å². The lowest BCUT2D eigenvalue weighted by atomic mass is 9.92. The second-order valence-corrected chi connectivity index (χ2v) is 9.47. The fraction of sp³-hybridized carbons (Fsp3) is 0.435. The number of benzene rings is 1. The lowest BCUT2D eigenvalue weighted by Gasteiger charge is -2.35. The van der Waals surface area contributed by atoms with Gasteiger partial charge in [0.2, 0.25) is 5.91 Å². The average Bonchev–Trinajstić information content (AvgIpc) is 3.49. The summed E-state index contributed by atoms with van der Waals surface area (Å²) in [5, 5.41) is 4.98. The van der Waals surface area contributed by atoms with Gasteiger partial charge in [-0.05, 0) is 41.8 Å². The van der Waals surface area contributed by atoms with Gasteiger partial charge in [0, 0.05) is 37.6 Å². The molecule has 0 bridgehead atoms. The van der Waals surface area contributed by atoms with E-state index in [4.69, 9.17) is 0 Å². The molecule has 8 heteroatoms. The molecule has 2 aromatic rings. The van der Waals surface area contributed by atoms with Crippen LogP contribution in [-0.4, -0.2) is 71.8 Å². The fourth-order valence-corrected chi connectivity index (χ4v) is 5.61. The van der Waals surface area contributed by atoms with E-state index in [0.29, 0.717) is 19.5 Å². The maximum Gasteiger partial charge on any atom is 0.325 e. The SMILES string of the molecule is O=C(CN1C(=O)NC2(CCc3ccccc32)C1=O)N1CCN(CCc2cccs2)CC1. The van der Waals surface area contributed by atoms with Crippen molar-refractivity contribution < 1.29 is 14.4 Å². The minimum absolute atomic E-state index is 0.162. The summed E-state index contributed by atoms with van der Waals surface area (Å²) in [5.41, 5.74) is 0.944. The van der Waals surface area contributed by atoms with Crippen LogP contribution in [0.3, 0.4) is 0 Å². The zero-order valence-corrected chi connectivity index (χ0v) is 18.2. The number of imide groups is 1. The molecule has 2 saturated heterocycles. The van der Waals surface area contributed by atoms with Crippen molar-refractivity contribution >= 4 is 29.2 Å². The molecule has 1 spiro atoms. The molecule has 31 heavy (non-hydrogen) atoms. The van der Waals surface area contributed by atoms with Gasteiger partial charge in [-0.15, -0.1) is 11.3 Å². The van der Waals surface area contributed by atoms with E-state index in [0.717, 1.165) is 48.5 Å². The molecule has 1 aliphatic carbocycles. The summed E-state index contributed by atoms with van der Waals surface area (Å²) in [7, 11) is 0. The second-order valence-electron chi connectivity index (χ2n) is 8.44. The Hall–Kier alpha value is -2.71. The normalized spacial score (nSPS) is 23.5. The number of carbonyl (C=O) groups is 3. The maximum atomic E-state index is 13.2. The van der Waals surface area contributed by atoms with Crippen molar-refractivity contribution in [3.63, 3.8) is 0 Å². The van der Waals surface area contributed by atoms with E-state index in [1.807, 2.05) is 24.3 Å². The fourth-order valence-electron chi connectivity index (χ4n) is 4.91. The molecular weight excluding hydrogens is 412 g/mol. The Morgan fingerprint density at radius 3 is 2.65 bits per heavy atom. The lowest BCUT2D eigenvalue weighted by Crippen LogP contribution is -2.52. The first-order valence-electron chi connectivity index (χ1n) is 10.8. The number of nitrogens with zero attached hydrogens (tertiary/aromatic N) is 3. The molecule has 7 nitrogen and oxygen atoms in total. The third kappa shape index (κ3) is 3.64. The van der Waals surface area contributed by atoms with E-state index in [1.54, 1.807) is 16.2 Å². The number of nitrogens with one attached hydrogen (secondary N) is 1. The van der Waals surface area contributed by atoms with Crippen LogP contribution in [0.2, 0.25) is 0 Å². The van der Waals surface area contributed by atoms with Crippen LogP contribution in [-0.2, 0) is 28.0 Å². The highest BCUT2D eigenvalue weighted by Crippen LogP contribution is 2.41. The number of urea groups is 1. The summed E-state index contributed by atoms with van der Waals surface area (Å²) in [6.45, 7) is 3.67. The molecule has 5 rings (SSSR count). The molecule has 2 aliphatic heterocycles. The van der Waals surface area contributed by atoms with Gasteiger partial charge >= 0.3 is 6.03 Å². The number of hydrogen-bond acceptors (Lipinski definition) is 5. The van der Waals surface area contributed by atoms with E-state index in [-0.39, 0.29) is 18.4 Å². The van der Waals surface area contributed by atoms with E-state index in [1.165, 1.54) is 4.88 Å². The molecule has 0 radical (unpaired) electrons. The van der Waals surface area contributed by atoms with E-state index >= 15 is 0 Å². The van der Waals surface area contributed by atoms with Crippen LogP contribution in [0.1, 0.15) is 22.4 Å². The quantitative estimate of drug-likeness (QED) is 0.723. The van der Waals surface area contributed by atoms with Crippen molar-refractivity contribution in [2.45, 2.75) is 24.8 Å². The van der Waals surface area contributed by atoms with Crippen molar-refractivity contribution in [3.05, 3.63) is 57.8 Å². The number of fused-ring (bicyclic) bond motifs is 2. The van der Waals surface area contributed by atoms with Gasteiger partial charge in [-0.1, -0.05) is 30.3 Å². The molecule has 4 amide bonds. The Morgan fingerprint density at radius 1 is 1.06 bits per heavy atom. The Labute approximate surface area is 185 Å². The molecule has 1 atom stereocenters. The van der Waals surface area contributed by atoms with E-state index < -0.39 is 11.6 Å². The summed E-state index contributed by atoms with van der Waals surface area (Å²) in [5.74, 6) is -0.463. The first-order valence-corrected chi connectivity index (χ1v) is 11.7. The first-order chi connectivity index (χ1) is 15.1. The summed E-state index contributed by atoms with van der Waals surface area (Å²) < 4.78 is 0. The summed E-state index contributed by atoms with van der Waals surface area (Å²) in [4.78, 5) is 45.4. The highest BCUT2D eigenvalue weighted by molar-refractivity contribution is 7.09. The third-order valence-corrected chi connectivity index (χ3v) is 7.63. The number of rotatable bonds is 5. The Morgan fingerprint density at radius 2 is 1.87 bits per heavy atom. The first kappa shape index (κ1) is 20.2. The number of carbonyl (C=O) groups excluding carboxylic acids is 3. The van der Waals surface area contributed by atoms with Gasteiger partial charge < -0.3 is 10.2 Å². The van der Waals surface area contributed by atoms with Gasteiger partial charge in [0.25, 0.3) is 5.91 Å². The monoisotopic (exact) mass is 438 g/mol. The predicted octanol–water partition coefficient (Wildman–Crippen LogP) is 1.83. The van der Waals surface area contributed by atoms with Crippen molar-refractivity contribution in [2.24, 2.45) is 0 Å². The Kier molecular flexibility index (Phi) is 5.27. The van der Waals surface area contributed by atoms with Crippen LogP contribution in [0.15, 0.2) is 41.8 Å². The van der Waals surface area contributed by atoms with Gasteiger partial charge in [0.1, 0.15) is 12.1 Å². The molecule has 1 aromatic carbocycles. The maximum absolute atomic E-state index is 13.2. The predicted molar refractivity (Wildman–Crippen MR) is 118 cm³/mol. The minimum atomic E-state index is -1.01. The van der Waals surface area contributed by atoms with Crippen LogP contribution in [0.4, 0.5) is 4.79 Å². The second kappa shape index (κ2) is 8.09. The summed E-state index contributed by atoms with van der Waals surface area (Å²) in [6.07, 6.45) is 2.32. The van der Waals surface area contributed by atoms with Crippen LogP contribution in [0.5, 0.6) is 0 Å². The van der Waals surface area contributed by atoms with E-state index in [2.05, 4.69) is 27.7 Å². The molecule has 1 N–H and O–H groups in total. The zero-order chi connectivity index (χ0) is 21.4. The number of aryl methyl sites for hydroxylation is 1. The molecule has 3 aliphatic rings. The third-order valence-electron chi connectivity index (χ3n) is 6.70. The molecule has 2 fully saturated rings. The number of hydrogen-bond donors (Lipinski definition) is 1. The molecule has 1 unspecified atom stereocenters. The largest absolute Gasteiger partial charge is 0.339 e. The molecule has 3 heterocycles.